The lowest BCUT2D eigenvalue weighted by Gasteiger charge is -1.82. The van der Waals surface area contributed by atoms with Crippen LogP contribution in [0.15, 0.2) is 12.1 Å². The van der Waals surface area contributed by atoms with Crippen LogP contribution in [0.3, 0.4) is 0 Å². The Bertz CT molecular complexity index is 402. The minimum Gasteiger partial charge on any atom is -0.329 e. The molecule has 0 aliphatic heterocycles. The average molecular weight is 169 g/mol. The van der Waals surface area contributed by atoms with E-state index in [0.29, 0.717) is 4.64 Å². The third kappa shape index (κ3) is 0.833. The van der Waals surface area contributed by atoms with Gasteiger partial charge in [-0.2, -0.15) is 8.75 Å². The number of rotatable bonds is 0. The van der Waals surface area contributed by atoms with Gasteiger partial charge in [0.1, 0.15) is 10.2 Å². The molecule has 0 unspecified atom stereocenters. The molecule has 50 valence electrons. The zero-order valence-electron chi connectivity index (χ0n) is 4.87. The van der Waals surface area contributed by atoms with Crippen molar-refractivity contribution >= 4 is 35.1 Å². The van der Waals surface area contributed by atoms with E-state index >= 15 is 0 Å². The standard InChI is InChI=1S/C5H3N3S2/c9-4-2-1-3-5(6-4)8-10-7-3/h1-2H,(H,6,8,9). The molecule has 3 nitrogen and oxygen atoms in total. The van der Waals surface area contributed by atoms with E-state index in [0.717, 1.165) is 11.2 Å². The van der Waals surface area contributed by atoms with Crippen LogP contribution in [0.1, 0.15) is 0 Å². The number of aromatic nitrogens is 3. The molecule has 0 fully saturated rings. The molecule has 0 saturated heterocycles. The fourth-order valence-corrected chi connectivity index (χ4v) is 1.37. The maximum atomic E-state index is 4.89. The van der Waals surface area contributed by atoms with E-state index in [1.807, 2.05) is 6.07 Å². The van der Waals surface area contributed by atoms with E-state index in [-0.39, 0.29) is 0 Å². The van der Waals surface area contributed by atoms with Gasteiger partial charge in [-0.3, -0.25) is 0 Å². The molecule has 5 heteroatoms. The van der Waals surface area contributed by atoms with E-state index in [2.05, 4.69) is 13.7 Å². The molecule has 2 aromatic heterocycles. The smallest absolute Gasteiger partial charge is 0.172 e. The summed E-state index contributed by atoms with van der Waals surface area (Å²) in [5.41, 5.74) is 1.65. The van der Waals surface area contributed by atoms with Crippen molar-refractivity contribution < 1.29 is 0 Å². The first-order valence-electron chi connectivity index (χ1n) is 2.68. The van der Waals surface area contributed by atoms with Crippen molar-refractivity contribution in [2.75, 3.05) is 0 Å². The van der Waals surface area contributed by atoms with Gasteiger partial charge in [-0.05, 0) is 12.1 Å². The van der Waals surface area contributed by atoms with Crippen molar-refractivity contribution in [3.8, 4) is 0 Å². The Balaban J connectivity index is 2.99. The summed E-state index contributed by atoms with van der Waals surface area (Å²) >= 11 is 6.07. The van der Waals surface area contributed by atoms with Crippen LogP contribution >= 0.6 is 23.9 Å². The maximum absolute atomic E-state index is 4.89. The van der Waals surface area contributed by atoms with Crippen LogP contribution in [0, 0.1) is 4.64 Å². The van der Waals surface area contributed by atoms with Gasteiger partial charge in [0.25, 0.3) is 0 Å². The van der Waals surface area contributed by atoms with E-state index < -0.39 is 0 Å². The monoisotopic (exact) mass is 169 g/mol. The van der Waals surface area contributed by atoms with Gasteiger partial charge in [0.15, 0.2) is 5.65 Å². The topological polar surface area (TPSA) is 41.6 Å². The predicted octanol–water partition coefficient (Wildman–Crippen LogP) is 1.75. The number of aromatic amines is 1. The minimum atomic E-state index is 0.695. The molecule has 10 heavy (non-hydrogen) atoms. The number of nitrogens with zero attached hydrogens (tertiary/aromatic N) is 2. The zero-order valence-corrected chi connectivity index (χ0v) is 6.50. The Kier molecular flexibility index (Phi) is 1.25. The molecule has 0 radical (unpaired) electrons. The first-order valence-corrected chi connectivity index (χ1v) is 3.82. The molecule has 0 atom stereocenters. The number of H-pyrrole nitrogens is 1. The van der Waals surface area contributed by atoms with E-state index in [1.54, 1.807) is 6.07 Å². The molecule has 0 aromatic carbocycles. The first-order chi connectivity index (χ1) is 4.86. The van der Waals surface area contributed by atoms with Crippen LogP contribution in [0.25, 0.3) is 11.2 Å². The number of hydrogen-bond donors (Lipinski definition) is 1. The SMILES string of the molecule is S=c1ccc2nsnc2[nH]1. The van der Waals surface area contributed by atoms with Crippen molar-refractivity contribution in [1.82, 2.24) is 13.7 Å². The molecule has 0 amide bonds. The number of hydrogen-bond acceptors (Lipinski definition) is 4. The van der Waals surface area contributed by atoms with Crippen LogP contribution in [0.2, 0.25) is 0 Å². The van der Waals surface area contributed by atoms with Crippen LogP contribution in [-0.2, 0) is 0 Å². The van der Waals surface area contributed by atoms with E-state index in [1.165, 1.54) is 11.7 Å². The van der Waals surface area contributed by atoms with Gasteiger partial charge >= 0.3 is 0 Å². The van der Waals surface area contributed by atoms with Crippen molar-refractivity contribution in [3.63, 3.8) is 0 Å². The molecular formula is C5H3N3S2. The molecule has 2 rings (SSSR count). The second-order valence-corrected chi connectivity index (χ2v) is 2.79. The largest absolute Gasteiger partial charge is 0.329 e. The molecule has 0 aliphatic rings. The Labute approximate surface area is 66.1 Å². The third-order valence-electron chi connectivity index (χ3n) is 1.15. The highest BCUT2D eigenvalue weighted by Gasteiger charge is 1.93. The normalized spacial score (nSPS) is 10.4. The molecule has 2 heterocycles. The third-order valence-corrected chi connectivity index (χ3v) is 1.93. The highest BCUT2D eigenvalue weighted by Crippen LogP contribution is 2.06. The lowest BCUT2D eigenvalue weighted by molar-refractivity contribution is 1.34. The first kappa shape index (κ1) is 5.94. The van der Waals surface area contributed by atoms with Gasteiger partial charge in [0.2, 0.25) is 0 Å². The summed E-state index contributed by atoms with van der Waals surface area (Å²) in [7, 11) is 0. The summed E-state index contributed by atoms with van der Waals surface area (Å²) in [5.74, 6) is 0. The van der Waals surface area contributed by atoms with E-state index in [9.17, 15) is 0 Å². The van der Waals surface area contributed by atoms with Crippen LogP contribution in [0.5, 0.6) is 0 Å². The van der Waals surface area contributed by atoms with Crippen molar-refractivity contribution in [3.05, 3.63) is 16.8 Å². The average Bonchev–Trinajstić information content (AvgIpc) is 2.33. The molecule has 0 bridgehead atoms. The molecule has 0 saturated carbocycles. The van der Waals surface area contributed by atoms with Gasteiger partial charge in [-0.25, -0.2) is 0 Å². The van der Waals surface area contributed by atoms with Gasteiger partial charge < -0.3 is 4.98 Å². The lowest BCUT2D eigenvalue weighted by Crippen LogP contribution is -1.75. The van der Waals surface area contributed by atoms with Crippen LogP contribution in [-0.4, -0.2) is 13.7 Å². The Morgan fingerprint density at radius 2 is 2.30 bits per heavy atom. The summed E-state index contributed by atoms with van der Waals surface area (Å²) in [6.07, 6.45) is 0. The van der Waals surface area contributed by atoms with Gasteiger partial charge in [-0.15, -0.1) is 0 Å². The molecule has 2 aromatic rings. The Morgan fingerprint density at radius 3 is 3.20 bits per heavy atom. The molecule has 1 N–H and O–H groups in total. The molecule has 0 aliphatic carbocycles. The minimum absolute atomic E-state index is 0.695. The van der Waals surface area contributed by atoms with Gasteiger partial charge in [0, 0.05) is 0 Å². The van der Waals surface area contributed by atoms with E-state index in [4.69, 9.17) is 12.2 Å². The fourth-order valence-electron chi connectivity index (χ4n) is 0.704. The molecular weight excluding hydrogens is 166 g/mol. The Hall–Kier alpha value is -0.810. The van der Waals surface area contributed by atoms with Crippen molar-refractivity contribution in [1.29, 1.82) is 0 Å². The highest BCUT2D eigenvalue weighted by atomic mass is 32.1. The van der Waals surface area contributed by atoms with Crippen LogP contribution < -0.4 is 0 Å². The highest BCUT2D eigenvalue weighted by molar-refractivity contribution is 7.71. The summed E-state index contributed by atoms with van der Waals surface area (Å²) in [4.78, 5) is 2.92. The van der Waals surface area contributed by atoms with Gasteiger partial charge in [0.05, 0.1) is 11.7 Å². The summed E-state index contributed by atoms with van der Waals surface area (Å²) in [6, 6.07) is 3.66. The number of nitrogens with one attached hydrogen (secondary N) is 1. The number of fused-ring (bicyclic) bond motifs is 1. The predicted molar refractivity (Wildman–Crippen MR) is 42.6 cm³/mol. The summed E-state index contributed by atoms with van der Waals surface area (Å²) in [6.45, 7) is 0. The number of pyridine rings is 1. The lowest BCUT2D eigenvalue weighted by atomic mass is 10.4. The summed E-state index contributed by atoms with van der Waals surface area (Å²) < 4.78 is 8.70. The van der Waals surface area contributed by atoms with Crippen LogP contribution in [0.4, 0.5) is 0 Å². The van der Waals surface area contributed by atoms with Crippen molar-refractivity contribution in [2.45, 2.75) is 0 Å². The second-order valence-electron chi connectivity index (χ2n) is 1.82. The zero-order chi connectivity index (χ0) is 6.97. The Morgan fingerprint density at radius 1 is 1.40 bits per heavy atom. The van der Waals surface area contributed by atoms with Crippen molar-refractivity contribution in [2.24, 2.45) is 0 Å². The molecule has 0 spiro atoms. The maximum Gasteiger partial charge on any atom is 0.172 e. The summed E-state index contributed by atoms with van der Waals surface area (Å²) in [5, 5.41) is 0. The quantitative estimate of drug-likeness (QED) is 0.611. The fraction of sp³-hybridized carbons (Fsp3) is 0. The van der Waals surface area contributed by atoms with Gasteiger partial charge in [-0.1, -0.05) is 12.2 Å². The second kappa shape index (κ2) is 2.10.